The van der Waals surface area contributed by atoms with Crippen LogP contribution in [0.1, 0.15) is 32.0 Å². The smallest absolute Gasteiger partial charge is 0.182 e. The first kappa shape index (κ1) is 23.1. The molecule has 0 saturated carbocycles. The van der Waals surface area contributed by atoms with Crippen molar-refractivity contribution in [3.05, 3.63) is 58.7 Å². The van der Waals surface area contributed by atoms with Crippen molar-refractivity contribution in [3.8, 4) is 22.9 Å². The first-order chi connectivity index (χ1) is 15.5. The lowest BCUT2D eigenvalue weighted by atomic mass is 9.92. The normalized spacial score (nSPS) is 12.3. The molecular weight excluding hydrogens is 464 g/mol. The third-order valence-electron chi connectivity index (χ3n) is 5.25. The second-order valence-corrected chi connectivity index (χ2v) is 11.1. The van der Waals surface area contributed by atoms with Crippen molar-refractivity contribution in [1.82, 2.24) is 19.8 Å². The minimum Gasteiger partial charge on any atom is -0.497 e. The van der Waals surface area contributed by atoms with Crippen molar-refractivity contribution in [1.29, 1.82) is 0 Å². The lowest BCUT2D eigenvalue weighted by molar-refractivity contribution is 0.414. The molecule has 10 heteroatoms. The summed E-state index contributed by atoms with van der Waals surface area (Å²) >= 11 is 6.55. The van der Waals surface area contributed by atoms with Gasteiger partial charge in [0.25, 0.3) is 0 Å². The Bertz CT molecular complexity index is 1420. The summed E-state index contributed by atoms with van der Waals surface area (Å²) in [6.45, 7) is 6.08. The second-order valence-electron chi connectivity index (χ2n) is 8.69. The molecule has 0 fully saturated rings. The molecule has 1 N–H and O–H groups in total. The first-order valence-corrected chi connectivity index (χ1v) is 12.3. The number of aromatic nitrogens is 4. The fraction of sp³-hybridized carbons (Fsp3) is 0.304. The lowest BCUT2D eigenvalue weighted by Crippen LogP contribution is -2.13. The Morgan fingerprint density at radius 3 is 2.30 bits per heavy atom. The SMILES string of the molecule is COc1ccc(S(=O)(=O)Cc2ccc(OC)c(-c3nn4nc(C(C)(C)C)c(Cl)c4[nH]3)c2)cc1. The Labute approximate surface area is 197 Å². The highest BCUT2D eigenvalue weighted by atomic mass is 35.5. The fourth-order valence-corrected chi connectivity index (χ4v) is 5.29. The number of benzene rings is 2. The maximum Gasteiger partial charge on any atom is 0.182 e. The summed E-state index contributed by atoms with van der Waals surface area (Å²) in [6, 6.07) is 11.5. The van der Waals surface area contributed by atoms with Crippen LogP contribution in [0.25, 0.3) is 17.0 Å². The van der Waals surface area contributed by atoms with Gasteiger partial charge < -0.3 is 14.5 Å². The average Bonchev–Trinajstić information content (AvgIpc) is 3.33. The number of rotatable bonds is 6. The second kappa shape index (κ2) is 8.39. The maximum atomic E-state index is 13.0. The van der Waals surface area contributed by atoms with Crippen LogP contribution in [-0.4, -0.2) is 42.4 Å². The van der Waals surface area contributed by atoms with Crippen LogP contribution in [0.5, 0.6) is 11.5 Å². The molecule has 0 unspecified atom stereocenters. The fourth-order valence-electron chi connectivity index (χ4n) is 3.51. The summed E-state index contributed by atoms with van der Waals surface area (Å²) in [6.07, 6.45) is 0. The van der Waals surface area contributed by atoms with E-state index >= 15 is 0 Å². The summed E-state index contributed by atoms with van der Waals surface area (Å²) in [5.41, 5.74) is 2.27. The topological polar surface area (TPSA) is 98.6 Å². The largest absolute Gasteiger partial charge is 0.497 e. The quantitative estimate of drug-likeness (QED) is 0.423. The molecule has 0 bridgehead atoms. The number of fused-ring (bicyclic) bond motifs is 1. The van der Waals surface area contributed by atoms with Crippen molar-refractivity contribution in [2.24, 2.45) is 0 Å². The third-order valence-corrected chi connectivity index (χ3v) is 7.31. The number of hydrogen-bond acceptors (Lipinski definition) is 6. The van der Waals surface area contributed by atoms with E-state index < -0.39 is 9.84 Å². The Hall–Kier alpha value is -3.04. The van der Waals surface area contributed by atoms with Crippen LogP contribution in [0.3, 0.4) is 0 Å². The van der Waals surface area contributed by atoms with E-state index in [-0.39, 0.29) is 16.1 Å². The number of sulfone groups is 1. The van der Waals surface area contributed by atoms with Crippen molar-refractivity contribution in [2.45, 2.75) is 36.8 Å². The molecule has 2 aromatic heterocycles. The molecule has 0 amide bonds. The Balaban J connectivity index is 1.71. The van der Waals surface area contributed by atoms with Gasteiger partial charge in [0.15, 0.2) is 21.3 Å². The van der Waals surface area contributed by atoms with Gasteiger partial charge in [0.05, 0.1) is 36.1 Å². The molecule has 0 aliphatic rings. The van der Waals surface area contributed by atoms with E-state index in [1.807, 2.05) is 20.8 Å². The third kappa shape index (κ3) is 4.43. The molecule has 0 radical (unpaired) electrons. The summed E-state index contributed by atoms with van der Waals surface area (Å²) in [4.78, 5) is 3.42. The van der Waals surface area contributed by atoms with Crippen LogP contribution >= 0.6 is 11.6 Å². The molecule has 4 aromatic rings. The van der Waals surface area contributed by atoms with Gasteiger partial charge in [0.2, 0.25) is 0 Å². The van der Waals surface area contributed by atoms with Gasteiger partial charge >= 0.3 is 0 Å². The van der Waals surface area contributed by atoms with Gasteiger partial charge in [-0.2, -0.15) is 5.10 Å². The van der Waals surface area contributed by atoms with E-state index in [2.05, 4.69) is 15.2 Å². The molecule has 8 nitrogen and oxygen atoms in total. The van der Waals surface area contributed by atoms with Crippen molar-refractivity contribution >= 4 is 27.1 Å². The predicted molar refractivity (Wildman–Crippen MR) is 127 cm³/mol. The van der Waals surface area contributed by atoms with Crippen LogP contribution in [0.15, 0.2) is 47.4 Å². The monoisotopic (exact) mass is 488 g/mol. The minimum absolute atomic E-state index is 0.177. The maximum absolute atomic E-state index is 13.0. The number of methoxy groups -OCH3 is 2. The number of halogens is 1. The number of ether oxygens (including phenoxy) is 2. The first-order valence-electron chi connectivity index (χ1n) is 10.2. The summed E-state index contributed by atoms with van der Waals surface area (Å²) < 4.78 is 38.0. The molecule has 174 valence electrons. The molecular formula is C23H25ClN4O4S. The van der Waals surface area contributed by atoms with E-state index in [4.69, 9.17) is 21.1 Å². The van der Waals surface area contributed by atoms with Crippen LogP contribution < -0.4 is 9.47 Å². The van der Waals surface area contributed by atoms with Gasteiger partial charge in [-0.3, -0.25) is 0 Å². The Kier molecular flexibility index (Phi) is 5.88. The summed E-state index contributed by atoms with van der Waals surface area (Å²) in [5.74, 6) is 1.44. The number of hydrogen-bond donors (Lipinski definition) is 1. The molecule has 4 rings (SSSR count). The minimum atomic E-state index is -3.56. The highest BCUT2D eigenvalue weighted by Gasteiger charge is 2.26. The van der Waals surface area contributed by atoms with Crippen LogP contribution in [0, 0.1) is 0 Å². The standard InChI is InChI=1S/C23H25ClN4O4S/c1-23(2,3)20-19(24)22-25-21(27-28(22)26-20)17-12-14(6-11-18(17)32-5)13-33(29,30)16-9-7-15(31-4)8-10-16/h6-12H,13H2,1-5H3,(H,25,27). The molecule has 2 heterocycles. The number of aromatic amines is 1. The zero-order valence-corrected chi connectivity index (χ0v) is 20.6. The lowest BCUT2D eigenvalue weighted by Gasteiger charge is -2.14. The van der Waals surface area contributed by atoms with Crippen molar-refractivity contribution in [3.63, 3.8) is 0 Å². The zero-order chi connectivity index (χ0) is 24.0. The number of nitrogens with one attached hydrogen (secondary N) is 1. The van der Waals surface area contributed by atoms with Gasteiger partial charge in [0.1, 0.15) is 16.5 Å². The van der Waals surface area contributed by atoms with Gasteiger partial charge in [-0.05, 0) is 42.0 Å². The summed E-state index contributed by atoms with van der Waals surface area (Å²) in [7, 11) is -0.485. The number of nitrogens with zero attached hydrogens (tertiary/aromatic N) is 3. The Morgan fingerprint density at radius 1 is 1.03 bits per heavy atom. The highest BCUT2D eigenvalue weighted by molar-refractivity contribution is 7.90. The molecule has 33 heavy (non-hydrogen) atoms. The van der Waals surface area contributed by atoms with E-state index in [1.54, 1.807) is 37.4 Å². The van der Waals surface area contributed by atoms with E-state index in [0.29, 0.717) is 39.1 Å². The number of H-pyrrole nitrogens is 1. The van der Waals surface area contributed by atoms with Crippen LogP contribution in [0.4, 0.5) is 0 Å². The van der Waals surface area contributed by atoms with E-state index in [9.17, 15) is 8.42 Å². The molecule has 0 aliphatic heterocycles. The van der Waals surface area contributed by atoms with Gasteiger partial charge in [-0.15, -0.1) is 9.73 Å². The van der Waals surface area contributed by atoms with E-state index in [1.165, 1.54) is 23.9 Å². The van der Waals surface area contributed by atoms with Crippen molar-refractivity contribution in [2.75, 3.05) is 14.2 Å². The molecule has 2 aromatic carbocycles. The van der Waals surface area contributed by atoms with Gasteiger partial charge in [-0.25, -0.2) is 8.42 Å². The molecule has 0 aliphatic carbocycles. The zero-order valence-electron chi connectivity index (χ0n) is 19.0. The average molecular weight is 489 g/mol. The van der Waals surface area contributed by atoms with Gasteiger partial charge in [0, 0.05) is 5.41 Å². The van der Waals surface area contributed by atoms with Gasteiger partial charge in [-0.1, -0.05) is 38.4 Å². The van der Waals surface area contributed by atoms with Crippen molar-refractivity contribution < 1.29 is 17.9 Å². The Morgan fingerprint density at radius 2 is 1.73 bits per heavy atom. The van der Waals surface area contributed by atoms with Crippen LogP contribution in [-0.2, 0) is 21.0 Å². The molecule has 0 saturated heterocycles. The molecule has 0 atom stereocenters. The summed E-state index contributed by atoms with van der Waals surface area (Å²) in [5, 5.41) is 9.54. The van der Waals surface area contributed by atoms with Crippen LogP contribution in [0.2, 0.25) is 5.02 Å². The molecule has 0 spiro atoms. The predicted octanol–water partition coefficient (Wildman–Crippen LogP) is 4.67. The highest BCUT2D eigenvalue weighted by Crippen LogP contribution is 2.34. The van der Waals surface area contributed by atoms with E-state index in [0.717, 1.165) is 5.69 Å².